The quantitative estimate of drug-likeness (QED) is 0.774. The molecule has 0 aliphatic carbocycles. The van der Waals surface area contributed by atoms with Gasteiger partial charge in [0.25, 0.3) is 0 Å². The summed E-state index contributed by atoms with van der Waals surface area (Å²) in [5.74, 6) is 1.38. The average Bonchev–Trinajstić information content (AvgIpc) is 2.67. The molecule has 3 aliphatic rings. The van der Waals surface area contributed by atoms with E-state index in [1.807, 2.05) is 6.07 Å². The summed E-state index contributed by atoms with van der Waals surface area (Å²) < 4.78 is 23.2. The number of rotatable bonds is 6. The topological polar surface area (TPSA) is 53.1 Å². The van der Waals surface area contributed by atoms with Crippen LogP contribution in [0, 0.1) is 5.92 Å². The molecule has 0 saturated carbocycles. The van der Waals surface area contributed by atoms with Crippen molar-refractivity contribution < 1.29 is 18.9 Å². The van der Waals surface area contributed by atoms with Crippen molar-refractivity contribution in [2.75, 3.05) is 46.6 Å². The Labute approximate surface area is 155 Å². The zero-order valence-corrected chi connectivity index (χ0v) is 15.7. The first-order chi connectivity index (χ1) is 12.8. The van der Waals surface area contributed by atoms with E-state index in [0.29, 0.717) is 12.0 Å². The Kier molecular flexibility index (Phi) is 5.74. The minimum absolute atomic E-state index is 0.0198. The Balaban J connectivity index is 1.25. The zero-order valence-electron chi connectivity index (χ0n) is 15.7. The van der Waals surface area contributed by atoms with Crippen molar-refractivity contribution in [2.24, 2.45) is 5.92 Å². The summed E-state index contributed by atoms with van der Waals surface area (Å²) in [7, 11) is 1.67. The number of hydrogen-bond acceptors (Lipinski definition) is 6. The van der Waals surface area contributed by atoms with Gasteiger partial charge in [0.05, 0.1) is 18.8 Å². The zero-order chi connectivity index (χ0) is 17.8. The van der Waals surface area contributed by atoms with E-state index in [1.54, 1.807) is 13.3 Å². The summed E-state index contributed by atoms with van der Waals surface area (Å²) in [6.07, 6.45) is 6.40. The maximum absolute atomic E-state index is 6.26. The Bertz CT molecular complexity index is 585. The van der Waals surface area contributed by atoms with Crippen LogP contribution in [0.5, 0.6) is 5.88 Å². The van der Waals surface area contributed by atoms with E-state index < -0.39 is 0 Å². The van der Waals surface area contributed by atoms with Gasteiger partial charge in [-0.05, 0) is 31.2 Å². The number of ether oxygens (including phenoxy) is 4. The van der Waals surface area contributed by atoms with Crippen molar-refractivity contribution in [1.82, 2.24) is 9.88 Å². The summed E-state index contributed by atoms with van der Waals surface area (Å²) in [6.45, 7) is 6.24. The first-order valence-electron chi connectivity index (χ1n) is 9.80. The molecule has 0 radical (unpaired) electrons. The first-order valence-corrected chi connectivity index (χ1v) is 9.80. The van der Waals surface area contributed by atoms with Crippen LogP contribution < -0.4 is 4.74 Å². The number of pyridine rings is 1. The third-order valence-corrected chi connectivity index (χ3v) is 5.82. The lowest BCUT2D eigenvalue weighted by molar-refractivity contribution is -0.201. The van der Waals surface area contributed by atoms with Crippen molar-refractivity contribution in [2.45, 2.75) is 43.9 Å². The lowest BCUT2D eigenvalue weighted by Gasteiger charge is -2.53. The van der Waals surface area contributed by atoms with Crippen LogP contribution in [-0.4, -0.2) is 68.2 Å². The van der Waals surface area contributed by atoms with E-state index in [-0.39, 0.29) is 5.60 Å². The monoisotopic (exact) mass is 362 g/mol. The highest BCUT2D eigenvalue weighted by Gasteiger charge is 2.47. The molecule has 4 rings (SSSR count). The SMILES string of the molecule is COc1ncccc1CN1CC2(CC(OCC3CCOCC3)CCO2)C1. The van der Waals surface area contributed by atoms with E-state index >= 15 is 0 Å². The van der Waals surface area contributed by atoms with Gasteiger partial charge < -0.3 is 18.9 Å². The molecule has 1 unspecified atom stereocenters. The third-order valence-electron chi connectivity index (χ3n) is 5.82. The van der Waals surface area contributed by atoms with Gasteiger partial charge in [-0.25, -0.2) is 4.98 Å². The van der Waals surface area contributed by atoms with Crippen molar-refractivity contribution in [1.29, 1.82) is 0 Å². The predicted octanol–water partition coefficient (Wildman–Crippen LogP) is 2.27. The van der Waals surface area contributed by atoms with Crippen LogP contribution in [0.2, 0.25) is 0 Å². The average molecular weight is 362 g/mol. The van der Waals surface area contributed by atoms with Crippen molar-refractivity contribution >= 4 is 0 Å². The fourth-order valence-electron chi connectivity index (χ4n) is 4.38. The Morgan fingerprint density at radius 3 is 2.88 bits per heavy atom. The van der Waals surface area contributed by atoms with Crippen molar-refractivity contribution in [3.63, 3.8) is 0 Å². The van der Waals surface area contributed by atoms with Crippen LogP contribution in [0.25, 0.3) is 0 Å². The maximum Gasteiger partial charge on any atom is 0.217 e. The van der Waals surface area contributed by atoms with E-state index in [0.717, 1.165) is 83.2 Å². The molecule has 6 nitrogen and oxygen atoms in total. The Hall–Kier alpha value is -1.21. The largest absolute Gasteiger partial charge is 0.481 e. The minimum atomic E-state index is -0.0198. The lowest BCUT2D eigenvalue weighted by Crippen LogP contribution is -2.65. The van der Waals surface area contributed by atoms with Crippen LogP contribution in [0.1, 0.15) is 31.2 Å². The summed E-state index contributed by atoms with van der Waals surface area (Å²) in [5.41, 5.74) is 1.11. The van der Waals surface area contributed by atoms with E-state index in [2.05, 4.69) is 16.0 Å². The summed E-state index contributed by atoms with van der Waals surface area (Å²) in [6, 6.07) is 4.04. The molecule has 144 valence electrons. The van der Waals surface area contributed by atoms with Gasteiger partial charge in [0.15, 0.2) is 0 Å². The van der Waals surface area contributed by atoms with Crippen LogP contribution in [-0.2, 0) is 20.8 Å². The predicted molar refractivity (Wildman–Crippen MR) is 97.3 cm³/mol. The molecule has 3 saturated heterocycles. The van der Waals surface area contributed by atoms with Gasteiger partial charge in [0, 0.05) is 64.2 Å². The maximum atomic E-state index is 6.26. The first kappa shape index (κ1) is 18.2. The number of nitrogens with zero attached hydrogens (tertiary/aromatic N) is 2. The van der Waals surface area contributed by atoms with E-state index in [1.165, 1.54) is 0 Å². The molecule has 0 aromatic carbocycles. The molecule has 0 amide bonds. The molecule has 1 spiro atoms. The molecular weight excluding hydrogens is 332 g/mol. The molecule has 1 aromatic rings. The summed E-state index contributed by atoms with van der Waals surface area (Å²) >= 11 is 0. The molecule has 1 aromatic heterocycles. The van der Waals surface area contributed by atoms with Gasteiger partial charge in [-0.2, -0.15) is 0 Å². The van der Waals surface area contributed by atoms with E-state index in [4.69, 9.17) is 18.9 Å². The lowest BCUT2D eigenvalue weighted by atomic mass is 9.84. The molecule has 6 heteroatoms. The summed E-state index contributed by atoms with van der Waals surface area (Å²) in [5, 5.41) is 0. The smallest absolute Gasteiger partial charge is 0.217 e. The second kappa shape index (κ2) is 8.21. The minimum Gasteiger partial charge on any atom is -0.481 e. The Morgan fingerprint density at radius 2 is 2.08 bits per heavy atom. The van der Waals surface area contributed by atoms with E-state index in [9.17, 15) is 0 Å². The third kappa shape index (κ3) is 4.19. The molecule has 4 heterocycles. The fraction of sp³-hybridized carbons (Fsp3) is 0.750. The normalized spacial score (nSPS) is 26.6. The molecule has 3 fully saturated rings. The molecule has 26 heavy (non-hydrogen) atoms. The van der Waals surface area contributed by atoms with Crippen LogP contribution in [0.3, 0.4) is 0 Å². The second-order valence-electron chi connectivity index (χ2n) is 7.85. The van der Waals surface area contributed by atoms with Gasteiger partial charge in [0.2, 0.25) is 5.88 Å². The summed E-state index contributed by atoms with van der Waals surface area (Å²) in [4.78, 5) is 6.69. The van der Waals surface area contributed by atoms with Crippen molar-refractivity contribution in [3.05, 3.63) is 23.9 Å². The van der Waals surface area contributed by atoms with Crippen molar-refractivity contribution in [3.8, 4) is 5.88 Å². The molecule has 0 N–H and O–H groups in total. The van der Waals surface area contributed by atoms with Gasteiger partial charge >= 0.3 is 0 Å². The van der Waals surface area contributed by atoms with Gasteiger partial charge in [0.1, 0.15) is 0 Å². The van der Waals surface area contributed by atoms with Crippen LogP contribution in [0.15, 0.2) is 18.3 Å². The highest BCUT2D eigenvalue weighted by Crippen LogP contribution is 2.37. The number of likely N-dealkylation sites (tertiary alicyclic amines) is 1. The Morgan fingerprint density at radius 1 is 1.23 bits per heavy atom. The molecule has 0 bridgehead atoms. The van der Waals surface area contributed by atoms with Gasteiger partial charge in [-0.1, -0.05) is 6.07 Å². The molecule has 1 atom stereocenters. The van der Waals surface area contributed by atoms with Crippen LogP contribution >= 0.6 is 0 Å². The number of methoxy groups -OCH3 is 1. The molecule has 3 aliphatic heterocycles. The van der Waals surface area contributed by atoms with Gasteiger partial charge in [-0.15, -0.1) is 0 Å². The standard InChI is InChI=1S/C20H30N2O4/c1-23-19-17(3-2-7-21-19)12-22-14-20(15-22)11-18(6-10-26-20)25-13-16-4-8-24-9-5-16/h2-3,7,16,18H,4-6,8-15H2,1H3. The van der Waals surface area contributed by atoms with Gasteiger partial charge in [-0.3, -0.25) is 4.90 Å². The van der Waals surface area contributed by atoms with Crippen LogP contribution in [0.4, 0.5) is 0 Å². The highest BCUT2D eigenvalue weighted by atomic mass is 16.5. The fourth-order valence-corrected chi connectivity index (χ4v) is 4.38. The second-order valence-corrected chi connectivity index (χ2v) is 7.85. The molecular formula is C20H30N2O4. The number of hydrogen-bond donors (Lipinski definition) is 0. The number of aromatic nitrogens is 1. The highest BCUT2D eigenvalue weighted by molar-refractivity contribution is 5.25.